The minimum Gasteiger partial charge on any atom is -0.368 e. The van der Waals surface area contributed by atoms with E-state index < -0.39 is 0 Å². The predicted octanol–water partition coefficient (Wildman–Crippen LogP) is 3.27. The molecule has 1 N–H and O–H groups in total. The summed E-state index contributed by atoms with van der Waals surface area (Å²) in [5, 5.41) is 3.39. The Labute approximate surface area is 164 Å². The molecule has 4 nitrogen and oxygen atoms in total. The normalized spacial score (nSPS) is 18.3. The first kappa shape index (κ1) is 22.1. The fraction of sp³-hybridized carbons (Fsp3) is 0.632. The van der Waals surface area contributed by atoms with E-state index in [1.807, 2.05) is 0 Å². The van der Waals surface area contributed by atoms with E-state index in [1.165, 1.54) is 24.1 Å². The molecule has 2 heterocycles. The Hall–Kier alpha value is -0.970. The highest BCUT2D eigenvalue weighted by Gasteiger charge is 2.23. The van der Waals surface area contributed by atoms with Crippen LogP contribution in [-0.4, -0.2) is 50.1 Å². The molecular weight excluding hydrogens is 357 g/mol. The van der Waals surface area contributed by atoms with E-state index in [0.717, 1.165) is 58.0 Å². The number of hydrogen-bond acceptors (Lipinski definition) is 3. The lowest BCUT2D eigenvalue weighted by atomic mass is 9.93. The van der Waals surface area contributed by atoms with Gasteiger partial charge in [0.2, 0.25) is 5.91 Å². The van der Waals surface area contributed by atoms with Crippen molar-refractivity contribution in [2.24, 2.45) is 5.92 Å². The number of nitrogens with zero attached hydrogens (tertiary/aromatic N) is 2. The second-order valence-corrected chi connectivity index (χ2v) is 6.89. The van der Waals surface area contributed by atoms with Crippen LogP contribution in [0.4, 0.5) is 5.69 Å². The second-order valence-electron chi connectivity index (χ2n) is 6.89. The molecule has 2 fully saturated rings. The largest absolute Gasteiger partial charge is 0.368 e. The van der Waals surface area contributed by atoms with Gasteiger partial charge in [0.15, 0.2) is 0 Å². The molecule has 3 rings (SSSR count). The maximum absolute atomic E-state index is 12.4. The van der Waals surface area contributed by atoms with E-state index in [9.17, 15) is 4.79 Å². The Kier molecular flexibility index (Phi) is 9.62. The predicted molar refractivity (Wildman–Crippen MR) is 109 cm³/mol. The van der Waals surface area contributed by atoms with Crippen LogP contribution in [0.15, 0.2) is 24.3 Å². The molecule has 1 aromatic carbocycles. The van der Waals surface area contributed by atoms with Crippen molar-refractivity contribution < 1.29 is 4.79 Å². The molecule has 25 heavy (non-hydrogen) atoms. The number of halogens is 2. The van der Waals surface area contributed by atoms with Crippen molar-refractivity contribution in [2.75, 3.05) is 44.2 Å². The van der Waals surface area contributed by atoms with Gasteiger partial charge in [-0.15, -0.1) is 24.8 Å². The zero-order valence-electron chi connectivity index (χ0n) is 15.1. The van der Waals surface area contributed by atoms with Crippen LogP contribution in [0.3, 0.4) is 0 Å². The average Bonchev–Trinajstić information content (AvgIpc) is 2.61. The third-order valence-corrected chi connectivity index (χ3v) is 5.31. The van der Waals surface area contributed by atoms with Gasteiger partial charge >= 0.3 is 0 Å². The summed E-state index contributed by atoms with van der Waals surface area (Å²) in [6.45, 7) is 8.01. The summed E-state index contributed by atoms with van der Waals surface area (Å²) in [5.41, 5.74) is 2.63. The summed E-state index contributed by atoms with van der Waals surface area (Å²) in [7, 11) is 0. The highest BCUT2D eigenvalue weighted by atomic mass is 35.5. The lowest BCUT2D eigenvalue weighted by Gasteiger charge is -2.37. The fourth-order valence-corrected chi connectivity index (χ4v) is 3.77. The first-order valence-corrected chi connectivity index (χ1v) is 9.03. The number of anilines is 1. The fourth-order valence-electron chi connectivity index (χ4n) is 3.77. The number of aryl methyl sites for hydroxylation is 1. The Morgan fingerprint density at radius 1 is 1.08 bits per heavy atom. The van der Waals surface area contributed by atoms with Crippen molar-refractivity contribution in [1.29, 1.82) is 0 Å². The number of hydrogen-bond donors (Lipinski definition) is 1. The lowest BCUT2D eigenvalue weighted by molar-refractivity contribution is -0.131. The molecular formula is C19H31Cl2N3O. The van der Waals surface area contributed by atoms with Gasteiger partial charge in [0.25, 0.3) is 0 Å². The van der Waals surface area contributed by atoms with Gasteiger partial charge in [0.1, 0.15) is 0 Å². The summed E-state index contributed by atoms with van der Waals surface area (Å²) < 4.78 is 0. The molecule has 0 saturated carbocycles. The molecule has 2 aliphatic heterocycles. The molecule has 2 aliphatic rings. The summed E-state index contributed by atoms with van der Waals surface area (Å²) in [6.07, 6.45) is 4.26. The molecule has 0 bridgehead atoms. The van der Waals surface area contributed by atoms with Crippen molar-refractivity contribution in [1.82, 2.24) is 10.2 Å². The zero-order valence-corrected chi connectivity index (χ0v) is 16.7. The quantitative estimate of drug-likeness (QED) is 0.860. The number of carbonyl (C=O) groups is 1. The number of carbonyl (C=O) groups excluding carboxylic acids is 1. The lowest BCUT2D eigenvalue weighted by Crippen LogP contribution is -2.49. The molecule has 2 saturated heterocycles. The van der Waals surface area contributed by atoms with E-state index in [-0.39, 0.29) is 24.8 Å². The minimum atomic E-state index is 0. The molecule has 0 spiro atoms. The summed E-state index contributed by atoms with van der Waals surface area (Å²) >= 11 is 0. The van der Waals surface area contributed by atoms with Crippen LogP contribution in [0.1, 0.15) is 31.2 Å². The third-order valence-electron chi connectivity index (χ3n) is 5.31. The molecule has 0 radical (unpaired) electrons. The summed E-state index contributed by atoms with van der Waals surface area (Å²) in [5.74, 6) is 1.10. The number of rotatable bonds is 4. The Balaban J connectivity index is 0.00000156. The number of amides is 1. The monoisotopic (exact) mass is 387 g/mol. The first-order valence-electron chi connectivity index (χ1n) is 9.03. The van der Waals surface area contributed by atoms with Gasteiger partial charge in [-0.1, -0.05) is 18.2 Å². The van der Waals surface area contributed by atoms with Crippen LogP contribution in [0.25, 0.3) is 0 Å². The van der Waals surface area contributed by atoms with Crippen molar-refractivity contribution in [2.45, 2.75) is 32.6 Å². The Bertz CT molecular complexity index is 527. The van der Waals surface area contributed by atoms with E-state index in [0.29, 0.717) is 5.91 Å². The number of para-hydroxylation sites is 1. The van der Waals surface area contributed by atoms with Gasteiger partial charge in [0.05, 0.1) is 0 Å². The van der Waals surface area contributed by atoms with Gasteiger partial charge in [-0.3, -0.25) is 4.79 Å². The summed E-state index contributed by atoms with van der Waals surface area (Å²) in [4.78, 5) is 16.9. The van der Waals surface area contributed by atoms with Gasteiger partial charge in [-0.25, -0.2) is 0 Å². The Morgan fingerprint density at radius 2 is 1.72 bits per heavy atom. The van der Waals surface area contributed by atoms with Crippen molar-refractivity contribution >= 4 is 36.4 Å². The number of piperazine rings is 1. The van der Waals surface area contributed by atoms with Crippen molar-refractivity contribution in [3.63, 3.8) is 0 Å². The number of benzene rings is 1. The van der Waals surface area contributed by atoms with Crippen LogP contribution in [-0.2, 0) is 4.79 Å². The van der Waals surface area contributed by atoms with E-state index in [1.54, 1.807) is 0 Å². The van der Waals surface area contributed by atoms with Gasteiger partial charge < -0.3 is 15.1 Å². The highest BCUT2D eigenvalue weighted by Crippen LogP contribution is 2.22. The molecule has 142 valence electrons. The third kappa shape index (κ3) is 6.05. The topological polar surface area (TPSA) is 35.6 Å². The number of piperidine rings is 1. The SMILES string of the molecule is Cc1ccccc1N1CCN(C(=O)CCC2CCNCC2)CC1.Cl.Cl. The molecule has 1 aromatic rings. The molecule has 0 aromatic heterocycles. The van der Waals surface area contributed by atoms with E-state index in [4.69, 9.17) is 0 Å². The van der Waals surface area contributed by atoms with Crippen LogP contribution in [0, 0.1) is 12.8 Å². The highest BCUT2D eigenvalue weighted by molar-refractivity contribution is 5.85. The molecule has 0 aliphatic carbocycles. The van der Waals surface area contributed by atoms with Crippen LogP contribution in [0.2, 0.25) is 0 Å². The van der Waals surface area contributed by atoms with Crippen molar-refractivity contribution in [3.8, 4) is 0 Å². The summed E-state index contributed by atoms with van der Waals surface area (Å²) in [6, 6.07) is 8.52. The average molecular weight is 388 g/mol. The standard InChI is InChI=1S/C19H29N3O.2ClH/c1-16-4-2-3-5-18(16)21-12-14-22(15-13-21)19(23)7-6-17-8-10-20-11-9-17;;/h2-5,17,20H,6-15H2,1H3;2*1H. The molecule has 0 unspecified atom stereocenters. The molecule has 6 heteroatoms. The van der Waals surface area contributed by atoms with Crippen LogP contribution in [0.5, 0.6) is 0 Å². The van der Waals surface area contributed by atoms with E-state index >= 15 is 0 Å². The van der Waals surface area contributed by atoms with Gasteiger partial charge in [-0.05, 0) is 56.8 Å². The smallest absolute Gasteiger partial charge is 0.222 e. The molecule has 1 amide bonds. The number of nitrogens with one attached hydrogen (secondary N) is 1. The van der Waals surface area contributed by atoms with Gasteiger partial charge in [0, 0.05) is 38.3 Å². The minimum absolute atomic E-state index is 0. The first-order chi connectivity index (χ1) is 11.2. The molecule has 0 atom stereocenters. The van der Waals surface area contributed by atoms with Crippen LogP contribution < -0.4 is 10.2 Å². The van der Waals surface area contributed by atoms with Crippen LogP contribution >= 0.6 is 24.8 Å². The Morgan fingerprint density at radius 3 is 2.36 bits per heavy atom. The van der Waals surface area contributed by atoms with Gasteiger partial charge in [-0.2, -0.15) is 0 Å². The van der Waals surface area contributed by atoms with Crippen molar-refractivity contribution in [3.05, 3.63) is 29.8 Å². The maximum Gasteiger partial charge on any atom is 0.222 e. The zero-order chi connectivity index (χ0) is 16.1. The maximum atomic E-state index is 12.4. The van der Waals surface area contributed by atoms with E-state index in [2.05, 4.69) is 46.3 Å². The second kappa shape index (κ2) is 10.9.